The van der Waals surface area contributed by atoms with Gasteiger partial charge in [0.05, 0.1) is 0 Å². The molecule has 0 spiro atoms. The summed E-state index contributed by atoms with van der Waals surface area (Å²) in [5.41, 5.74) is 8.35. The van der Waals surface area contributed by atoms with E-state index in [0.717, 1.165) is 31.5 Å². The zero-order valence-corrected chi connectivity index (χ0v) is 11.7. The smallest absolute Gasteiger partial charge is 0.0236 e. The summed E-state index contributed by atoms with van der Waals surface area (Å²) in [7, 11) is 0. The summed E-state index contributed by atoms with van der Waals surface area (Å²) >= 11 is 0. The maximum absolute atomic E-state index is 5.57. The van der Waals surface area contributed by atoms with Crippen LogP contribution in [0.2, 0.25) is 0 Å². The Balaban J connectivity index is 1.92. The predicted molar refractivity (Wildman–Crippen MR) is 77.5 cm³/mol. The Hall–Kier alpha value is -0.860. The average molecular weight is 246 g/mol. The standard InChI is InChI=1S/C16H26N2/c1-13-8-10-18(14(2)11-13)12-16-5-3-15(4-6-16)7-9-17/h3-6,13-14H,7-12,17H2,1-2H3. The van der Waals surface area contributed by atoms with E-state index in [9.17, 15) is 0 Å². The first-order valence-corrected chi connectivity index (χ1v) is 7.21. The minimum atomic E-state index is 0.720. The third-order valence-electron chi connectivity index (χ3n) is 4.12. The molecule has 0 radical (unpaired) electrons. The fraction of sp³-hybridized carbons (Fsp3) is 0.625. The second-order valence-electron chi connectivity index (χ2n) is 5.80. The first-order valence-electron chi connectivity index (χ1n) is 7.21. The molecule has 1 heterocycles. The Labute approximate surface area is 111 Å². The van der Waals surface area contributed by atoms with Gasteiger partial charge in [-0.1, -0.05) is 31.2 Å². The van der Waals surface area contributed by atoms with Gasteiger partial charge in [0.25, 0.3) is 0 Å². The highest BCUT2D eigenvalue weighted by Crippen LogP contribution is 2.23. The zero-order valence-electron chi connectivity index (χ0n) is 11.7. The van der Waals surface area contributed by atoms with Gasteiger partial charge in [-0.15, -0.1) is 0 Å². The molecule has 1 aliphatic heterocycles. The summed E-state index contributed by atoms with van der Waals surface area (Å²) in [6, 6.07) is 9.68. The number of benzene rings is 1. The summed E-state index contributed by atoms with van der Waals surface area (Å²) in [5, 5.41) is 0. The molecule has 0 aliphatic carbocycles. The van der Waals surface area contributed by atoms with Gasteiger partial charge in [-0.25, -0.2) is 0 Å². The fourth-order valence-electron chi connectivity index (χ4n) is 2.90. The third kappa shape index (κ3) is 3.56. The minimum Gasteiger partial charge on any atom is -0.330 e. The molecule has 1 fully saturated rings. The number of piperidine rings is 1. The van der Waals surface area contributed by atoms with E-state index in [0.29, 0.717) is 0 Å². The number of rotatable bonds is 4. The van der Waals surface area contributed by atoms with E-state index in [1.807, 2.05) is 0 Å². The molecule has 0 amide bonds. The van der Waals surface area contributed by atoms with Crippen molar-refractivity contribution in [2.45, 2.75) is 45.7 Å². The van der Waals surface area contributed by atoms with Crippen LogP contribution in [-0.2, 0) is 13.0 Å². The largest absolute Gasteiger partial charge is 0.330 e. The number of nitrogens with zero attached hydrogens (tertiary/aromatic N) is 1. The maximum atomic E-state index is 5.57. The van der Waals surface area contributed by atoms with E-state index < -0.39 is 0 Å². The lowest BCUT2D eigenvalue weighted by atomic mass is 9.93. The molecule has 2 N–H and O–H groups in total. The van der Waals surface area contributed by atoms with Crippen molar-refractivity contribution in [3.8, 4) is 0 Å². The van der Waals surface area contributed by atoms with E-state index in [1.165, 1.54) is 30.5 Å². The van der Waals surface area contributed by atoms with Crippen LogP contribution in [-0.4, -0.2) is 24.0 Å². The summed E-state index contributed by atoms with van der Waals surface area (Å²) in [5.74, 6) is 0.892. The Morgan fingerprint density at radius 1 is 1.17 bits per heavy atom. The molecule has 1 aromatic rings. The summed E-state index contributed by atoms with van der Waals surface area (Å²) < 4.78 is 0. The lowest BCUT2D eigenvalue weighted by Gasteiger charge is -2.36. The van der Waals surface area contributed by atoms with Crippen LogP contribution in [0.4, 0.5) is 0 Å². The Morgan fingerprint density at radius 2 is 1.83 bits per heavy atom. The Bertz CT molecular complexity index is 358. The highest BCUT2D eigenvalue weighted by molar-refractivity contribution is 5.22. The molecular formula is C16H26N2. The minimum absolute atomic E-state index is 0.720. The molecule has 2 nitrogen and oxygen atoms in total. The molecular weight excluding hydrogens is 220 g/mol. The van der Waals surface area contributed by atoms with Gasteiger partial charge in [0.2, 0.25) is 0 Å². The maximum Gasteiger partial charge on any atom is 0.0236 e. The van der Waals surface area contributed by atoms with Crippen molar-refractivity contribution in [3.63, 3.8) is 0 Å². The van der Waals surface area contributed by atoms with Gasteiger partial charge >= 0.3 is 0 Å². The normalized spacial score (nSPS) is 25.3. The van der Waals surface area contributed by atoms with Gasteiger partial charge in [0.1, 0.15) is 0 Å². The van der Waals surface area contributed by atoms with Gasteiger partial charge in [-0.05, 0) is 56.3 Å². The molecule has 2 heteroatoms. The topological polar surface area (TPSA) is 29.3 Å². The molecule has 1 saturated heterocycles. The third-order valence-corrected chi connectivity index (χ3v) is 4.12. The van der Waals surface area contributed by atoms with E-state index >= 15 is 0 Å². The predicted octanol–water partition coefficient (Wildman–Crippen LogP) is 2.81. The molecule has 0 bridgehead atoms. The van der Waals surface area contributed by atoms with Crippen molar-refractivity contribution < 1.29 is 0 Å². The van der Waals surface area contributed by atoms with Gasteiger partial charge < -0.3 is 5.73 Å². The molecule has 100 valence electrons. The van der Waals surface area contributed by atoms with Crippen LogP contribution in [0.1, 0.15) is 37.8 Å². The van der Waals surface area contributed by atoms with Crippen LogP contribution >= 0.6 is 0 Å². The zero-order chi connectivity index (χ0) is 13.0. The second-order valence-corrected chi connectivity index (χ2v) is 5.80. The summed E-state index contributed by atoms with van der Waals surface area (Å²) in [6.07, 6.45) is 3.67. The summed E-state index contributed by atoms with van der Waals surface area (Å²) in [4.78, 5) is 2.61. The highest BCUT2D eigenvalue weighted by Gasteiger charge is 2.22. The van der Waals surface area contributed by atoms with E-state index in [4.69, 9.17) is 5.73 Å². The number of likely N-dealkylation sites (tertiary alicyclic amines) is 1. The van der Waals surface area contributed by atoms with Crippen molar-refractivity contribution in [2.24, 2.45) is 11.7 Å². The van der Waals surface area contributed by atoms with Crippen LogP contribution in [0.3, 0.4) is 0 Å². The number of nitrogens with two attached hydrogens (primary N) is 1. The van der Waals surface area contributed by atoms with Gasteiger partial charge in [-0.3, -0.25) is 4.90 Å². The Morgan fingerprint density at radius 3 is 2.44 bits per heavy atom. The highest BCUT2D eigenvalue weighted by atomic mass is 15.2. The van der Waals surface area contributed by atoms with E-state index in [2.05, 4.69) is 43.0 Å². The molecule has 1 aromatic carbocycles. The van der Waals surface area contributed by atoms with Crippen LogP contribution in [0.15, 0.2) is 24.3 Å². The molecule has 2 atom stereocenters. The lowest BCUT2D eigenvalue weighted by molar-refractivity contribution is 0.122. The SMILES string of the molecule is CC1CCN(Cc2ccc(CCN)cc2)C(C)C1. The van der Waals surface area contributed by atoms with Crippen molar-refractivity contribution in [1.29, 1.82) is 0 Å². The van der Waals surface area contributed by atoms with Gasteiger partial charge in [0, 0.05) is 12.6 Å². The molecule has 2 rings (SSSR count). The molecule has 2 unspecified atom stereocenters. The molecule has 1 aliphatic rings. The monoisotopic (exact) mass is 246 g/mol. The van der Waals surface area contributed by atoms with Crippen molar-refractivity contribution >= 4 is 0 Å². The Kier molecular flexibility index (Phi) is 4.79. The van der Waals surface area contributed by atoms with Crippen molar-refractivity contribution in [1.82, 2.24) is 4.90 Å². The average Bonchev–Trinajstić information content (AvgIpc) is 2.35. The molecule has 18 heavy (non-hydrogen) atoms. The number of hydrogen-bond donors (Lipinski definition) is 1. The van der Waals surface area contributed by atoms with Crippen LogP contribution in [0.5, 0.6) is 0 Å². The summed E-state index contributed by atoms with van der Waals surface area (Å²) in [6.45, 7) is 7.80. The van der Waals surface area contributed by atoms with Gasteiger partial charge in [0.15, 0.2) is 0 Å². The van der Waals surface area contributed by atoms with E-state index in [1.54, 1.807) is 0 Å². The van der Waals surface area contributed by atoms with Crippen molar-refractivity contribution in [2.75, 3.05) is 13.1 Å². The van der Waals surface area contributed by atoms with Crippen LogP contribution in [0.25, 0.3) is 0 Å². The van der Waals surface area contributed by atoms with Gasteiger partial charge in [-0.2, -0.15) is 0 Å². The quantitative estimate of drug-likeness (QED) is 0.885. The lowest BCUT2D eigenvalue weighted by Crippen LogP contribution is -2.39. The van der Waals surface area contributed by atoms with E-state index in [-0.39, 0.29) is 0 Å². The first-order chi connectivity index (χ1) is 8.69. The molecule has 0 aromatic heterocycles. The number of hydrogen-bond acceptors (Lipinski definition) is 2. The van der Waals surface area contributed by atoms with Crippen molar-refractivity contribution in [3.05, 3.63) is 35.4 Å². The molecule has 0 saturated carbocycles. The van der Waals surface area contributed by atoms with Crippen LogP contribution in [0, 0.1) is 5.92 Å². The van der Waals surface area contributed by atoms with Crippen LogP contribution < -0.4 is 5.73 Å². The fourth-order valence-corrected chi connectivity index (χ4v) is 2.90. The second kappa shape index (κ2) is 6.35. The first kappa shape index (κ1) is 13.6.